The second kappa shape index (κ2) is 13.3. The first-order chi connectivity index (χ1) is 27.0. The van der Waals surface area contributed by atoms with E-state index in [4.69, 9.17) is 20.3 Å². The molecule has 0 radical (unpaired) electrons. The minimum absolute atomic E-state index is 0.199. The van der Waals surface area contributed by atoms with Crippen molar-refractivity contribution >= 4 is 11.2 Å². The Morgan fingerprint density at radius 2 is 1.29 bits per heavy atom. The van der Waals surface area contributed by atoms with Crippen LogP contribution >= 0.6 is 0 Å². The van der Waals surface area contributed by atoms with Crippen LogP contribution in [0.15, 0.2) is 133 Å². The van der Waals surface area contributed by atoms with E-state index >= 15 is 0 Å². The van der Waals surface area contributed by atoms with Gasteiger partial charge in [0.15, 0.2) is 11.5 Å². The van der Waals surface area contributed by atoms with Gasteiger partial charge < -0.3 is 4.57 Å². The Morgan fingerprint density at radius 1 is 0.655 bits per heavy atom. The largest absolute Gasteiger partial charge is 0.308 e. The van der Waals surface area contributed by atoms with E-state index < -0.39 is 5.54 Å². The van der Waals surface area contributed by atoms with Crippen LogP contribution in [-0.2, 0) is 24.9 Å². The van der Waals surface area contributed by atoms with Gasteiger partial charge in [0.2, 0.25) is 0 Å². The molecule has 1 atom stereocenters. The van der Waals surface area contributed by atoms with Crippen LogP contribution in [-0.4, -0.2) is 34.7 Å². The highest BCUT2D eigenvalue weighted by Gasteiger charge is 2.44. The van der Waals surface area contributed by atoms with Crippen molar-refractivity contribution in [1.29, 1.82) is 0 Å². The molecular weight excluding hydrogens is 675 g/mol. The zero-order valence-electron chi connectivity index (χ0n) is 31.5. The van der Waals surface area contributed by atoms with Gasteiger partial charge in [-0.2, -0.15) is 0 Å². The van der Waals surface area contributed by atoms with E-state index in [-0.39, 0.29) is 5.92 Å². The monoisotopic (exact) mass is 717 g/mol. The molecule has 0 amide bonds. The maximum atomic E-state index is 5.20. The molecule has 0 saturated heterocycles. The Labute approximate surface area is 321 Å². The van der Waals surface area contributed by atoms with Crippen LogP contribution in [0.2, 0.25) is 0 Å². The highest BCUT2D eigenvalue weighted by atomic mass is 15.6. The van der Waals surface area contributed by atoms with Crippen LogP contribution in [0.1, 0.15) is 97.7 Å². The van der Waals surface area contributed by atoms with Gasteiger partial charge in [-0.25, -0.2) is 14.6 Å². The highest BCUT2D eigenvalue weighted by molar-refractivity contribution is 5.76. The van der Waals surface area contributed by atoms with Crippen LogP contribution < -0.4 is 0 Å². The van der Waals surface area contributed by atoms with Gasteiger partial charge in [0.1, 0.15) is 16.9 Å². The Morgan fingerprint density at radius 3 is 1.95 bits per heavy atom. The third-order valence-electron chi connectivity index (χ3n) is 12.0. The average Bonchev–Trinajstić information content (AvgIpc) is 3.89. The molecule has 0 N–H and O–H groups in total. The van der Waals surface area contributed by atoms with Gasteiger partial charge >= 0.3 is 0 Å². The van der Waals surface area contributed by atoms with E-state index in [1.54, 1.807) is 0 Å². The van der Waals surface area contributed by atoms with Crippen molar-refractivity contribution in [3.05, 3.63) is 206 Å². The first-order valence-electron chi connectivity index (χ1n) is 19.5. The standard InChI is InChI=1S/C48H43N7/c1-31-29-32(2)49-47-44(31)50-45(35-23-24-35)54(47)30-36-26-28-42-40(33(36)3)27-25-34-15-13-14-22-41(34)43(42)46-51-52-53-55(46)48(37-16-7-4-8-17-37,38-18-9-5-10-19-38)39-20-11-6-12-21-39/h4-22,26,28-29,35,43H,23-25,27,30H2,1-3H3. The fourth-order valence-electron chi connectivity index (χ4n) is 9.27. The number of imidazole rings is 1. The molecule has 55 heavy (non-hydrogen) atoms. The third-order valence-corrected chi connectivity index (χ3v) is 12.0. The average molecular weight is 718 g/mol. The number of rotatable bonds is 8. The molecule has 2 aliphatic carbocycles. The zero-order valence-corrected chi connectivity index (χ0v) is 31.5. The normalized spacial score (nSPS) is 15.4. The predicted octanol–water partition coefficient (Wildman–Crippen LogP) is 9.39. The van der Waals surface area contributed by atoms with Gasteiger partial charge in [0.25, 0.3) is 0 Å². The molecule has 10 rings (SSSR count). The van der Waals surface area contributed by atoms with Crippen LogP contribution in [0.5, 0.6) is 0 Å². The van der Waals surface area contributed by atoms with Gasteiger partial charge in [-0.1, -0.05) is 127 Å². The number of aryl methyl sites for hydroxylation is 3. The zero-order chi connectivity index (χ0) is 37.1. The number of nitrogens with zero attached hydrogens (tertiary/aromatic N) is 7. The van der Waals surface area contributed by atoms with Crippen molar-refractivity contribution in [2.24, 2.45) is 0 Å². The third kappa shape index (κ3) is 5.43. The molecule has 3 heterocycles. The second-order valence-corrected chi connectivity index (χ2v) is 15.4. The SMILES string of the molecule is Cc1cc(C)c2nc(C3CC3)n(Cc3ccc4c(c3C)CCc3ccccc3C4c3nnnn3C(c3ccccc3)(c3ccccc3)c3ccccc3)c2n1. The maximum Gasteiger partial charge on any atom is 0.165 e. The number of pyridine rings is 1. The smallest absolute Gasteiger partial charge is 0.165 e. The van der Waals surface area contributed by atoms with E-state index in [0.717, 1.165) is 58.8 Å². The molecule has 270 valence electrons. The highest BCUT2D eigenvalue weighted by Crippen LogP contribution is 2.46. The van der Waals surface area contributed by atoms with Crippen molar-refractivity contribution in [3.8, 4) is 0 Å². The predicted molar refractivity (Wildman–Crippen MR) is 216 cm³/mol. The van der Waals surface area contributed by atoms with Crippen molar-refractivity contribution in [2.45, 2.75) is 70.4 Å². The summed E-state index contributed by atoms with van der Waals surface area (Å²) in [4.78, 5) is 10.3. The molecule has 2 aliphatic rings. The van der Waals surface area contributed by atoms with Crippen LogP contribution in [0.4, 0.5) is 0 Å². The lowest BCUT2D eigenvalue weighted by atomic mass is 9.76. The lowest BCUT2D eigenvalue weighted by molar-refractivity contribution is 0.427. The summed E-state index contributed by atoms with van der Waals surface area (Å²) < 4.78 is 4.52. The maximum absolute atomic E-state index is 5.20. The summed E-state index contributed by atoms with van der Waals surface area (Å²) in [5.41, 5.74) is 14.5. The quantitative estimate of drug-likeness (QED) is 0.147. The van der Waals surface area contributed by atoms with Gasteiger partial charge in [-0.05, 0) is 119 Å². The van der Waals surface area contributed by atoms with Crippen LogP contribution in [0.3, 0.4) is 0 Å². The molecule has 7 nitrogen and oxygen atoms in total. The molecule has 1 fully saturated rings. The molecule has 5 aromatic carbocycles. The van der Waals surface area contributed by atoms with E-state index in [1.807, 2.05) is 0 Å². The van der Waals surface area contributed by atoms with Gasteiger partial charge in [-0.15, -0.1) is 5.10 Å². The van der Waals surface area contributed by atoms with Gasteiger partial charge in [0, 0.05) is 11.6 Å². The minimum Gasteiger partial charge on any atom is -0.308 e. The summed E-state index contributed by atoms with van der Waals surface area (Å²) in [7, 11) is 0. The molecule has 8 aromatic rings. The van der Waals surface area contributed by atoms with Crippen molar-refractivity contribution in [2.75, 3.05) is 0 Å². The second-order valence-electron chi connectivity index (χ2n) is 15.4. The molecule has 3 aromatic heterocycles. The summed E-state index contributed by atoms with van der Waals surface area (Å²) in [6.07, 6.45) is 4.25. The van der Waals surface area contributed by atoms with Crippen molar-refractivity contribution in [1.82, 2.24) is 34.7 Å². The first kappa shape index (κ1) is 33.4. The van der Waals surface area contributed by atoms with E-state index in [9.17, 15) is 0 Å². The van der Waals surface area contributed by atoms with Crippen LogP contribution in [0, 0.1) is 20.8 Å². The number of hydrogen-bond donors (Lipinski definition) is 0. The summed E-state index contributed by atoms with van der Waals surface area (Å²) in [5.74, 6) is 2.29. The van der Waals surface area contributed by atoms with E-state index in [2.05, 4.69) is 169 Å². The molecule has 0 aliphatic heterocycles. The molecule has 1 saturated carbocycles. The number of aromatic nitrogens is 7. The Balaban J connectivity index is 1.19. The number of tetrazole rings is 1. The number of benzene rings is 5. The Hall–Kier alpha value is -6.21. The summed E-state index contributed by atoms with van der Waals surface area (Å²) in [6.45, 7) is 7.30. The summed E-state index contributed by atoms with van der Waals surface area (Å²) >= 11 is 0. The number of fused-ring (bicyclic) bond motifs is 3. The molecule has 7 heteroatoms. The molecular formula is C48H43N7. The topological polar surface area (TPSA) is 74.3 Å². The van der Waals surface area contributed by atoms with Crippen molar-refractivity contribution in [3.63, 3.8) is 0 Å². The molecule has 1 unspecified atom stereocenters. The van der Waals surface area contributed by atoms with E-state index in [0.29, 0.717) is 5.92 Å². The summed E-state index contributed by atoms with van der Waals surface area (Å²) in [5, 5.41) is 14.5. The lowest BCUT2D eigenvalue weighted by Crippen LogP contribution is -2.40. The van der Waals surface area contributed by atoms with Gasteiger partial charge in [0.05, 0.1) is 12.5 Å². The fourth-order valence-corrected chi connectivity index (χ4v) is 9.27. The lowest BCUT2D eigenvalue weighted by Gasteiger charge is -2.37. The Bertz CT molecular complexity index is 2580. The van der Waals surface area contributed by atoms with Crippen LogP contribution in [0.25, 0.3) is 11.2 Å². The Kier molecular flexibility index (Phi) is 8.05. The summed E-state index contributed by atoms with van der Waals surface area (Å²) in [6, 6.07) is 47.8. The van der Waals surface area contributed by atoms with E-state index in [1.165, 1.54) is 57.6 Å². The molecule has 0 bridgehead atoms. The number of hydrogen-bond acceptors (Lipinski definition) is 5. The fraction of sp³-hybridized carbons (Fsp3) is 0.229. The van der Waals surface area contributed by atoms with Gasteiger partial charge in [-0.3, -0.25) is 0 Å². The van der Waals surface area contributed by atoms with Crippen molar-refractivity contribution < 1.29 is 0 Å². The first-order valence-corrected chi connectivity index (χ1v) is 19.5. The minimum atomic E-state index is -0.843. The molecule has 0 spiro atoms.